The Morgan fingerprint density at radius 2 is 2.00 bits per heavy atom. The number of nitrogens with zero attached hydrogens (tertiary/aromatic N) is 4. The van der Waals surface area contributed by atoms with E-state index in [1.54, 1.807) is 0 Å². The van der Waals surface area contributed by atoms with Crippen molar-refractivity contribution in [3.8, 4) is 0 Å². The number of aromatic nitrogens is 2. The van der Waals surface area contributed by atoms with Gasteiger partial charge in [0.2, 0.25) is 11.8 Å². The first-order chi connectivity index (χ1) is 9.67. The van der Waals surface area contributed by atoms with E-state index in [2.05, 4.69) is 15.1 Å². The zero-order valence-corrected chi connectivity index (χ0v) is 12.3. The van der Waals surface area contributed by atoms with Crippen molar-refractivity contribution in [3.63, 3.8) is 0 Å². The summed E-state index contributed by atoms with van der Waals surface area (Å²) in [5.41, 5.74) is 0. The van der Waals surface area contributed by atoms with Crippen molar-refractivity contribution >= 4 is 0 Å². The molecule has 1 aliphatic rings. The second-order valence-corrected chi connectivity index (χ2v) is 5.21. The van der Waals surface area contributed by atoms with Crippen LogP contribution in [0.25, 0.3) is 0 Å². The Balaban J connectivity index is 1.71. The number of ether oxygens (including phenoxy) is 1. The van der Waals surface area contributed by atoms with Gasteiger partial charge in [-0.15, -0.1) is 10.2 Å². The number of aryl methyl sites for hydroxylation is 1. The van der Waals surface area contributed by atoms with E-state index in [0.29, 0.717) is 31.4 Å². The standard InChI is InChI=1S/C13H24N4O3/c1-3-12-14-15-13(20-12)10-16(2)8-11(18)9-17-4-6-19-7-5-17/h11,18H,3-10H2,1-2H3. The normalized spacial score (nSPS) is 18.6. The average molecular weight is 284 g/mol. The van der Waals surface area contributed by atoms with Gasteiger partial charge in [-0.2, -0.15) is 0 Å². The van der Waals surface area contributed by atoms with Crippen LogP contribution in [0.1, 0.15) is 18.7 Å². The molecule has 1 aromatic rings. The van der Waals surface area contributed by atoms with Gasteiger partial charge in [-0.05, 0) is 7.05 Å². The molecule has 7 heteroatoms. The molecule has 1 aliphatic heterocycles. The Morgan fingerprint density at radius 3 is 2.65 bits per heavy atom. The lowest BCUT2D eigenvalue weighted by atomic mass is 10.3. The molecule has 2 heterocycles. The summed E-state index contributed by atoms with van der Waals surface area (Å²) >= 11 is 0. The SMILES string of the molecule is CCc1nnc(CN(C)CC(O)CN2CCOCC2)o1. The predicted octanol–water partition coefficient (Wildman–Crippen LogP) is -0.243. The lowest BCUT2D eigenvalue weighted by molar-refractivity contribution is 0.00781. The number of aliphatic hydroxyl groups is 1. The fourth-order valence-electron chi connectivity index (χ4n) is 2.29. The maximum Gasteiger partial charge on any atom is 0.230 e. The molecule has 0 aliphatic carbocycles. The van der Waals surface area contributed by atoms with Crippen LogP contribution in [-0.4, -0.2) is 77.6 Å². The van der Waals surface area contributed by atoms with Crippen molar-refractivity contribution in [1.82, 2.24) is 20.0 Å². The van der Waals surface area contributed by atoms with Crippen LogP contribution in [0.4, 0.5) is 0 Å². The number of likely N-dealkylation sites (N-methyl/N-ethyl adjacent to an activating group) is 1. The van der Waals surface area contributed by atoms with Gasteiger partial charge in [0.25, 0.3) is 0 Å². The zero-order chi connectivity index (χ0) is 14.4. The van der Waals surface area contributed by atoms with E-state index >= 15 is 0 Å². The maximum absolute atomic E-state index is 10.1. The first kappa shape index (κ1) is 15.4. The van der Waals surface area contributed by atoms with Gasteiger partial charge >= 0.3 is 0 Å². The van der Waals surface area contributed by atoms with Crippen molar-refractivity contribution in [3.05, 3.63) is 11.8 Å². The van der Waals surface area contributed by atoms with E-state index in [9.17, 15) is 5.11 Å². The summed E-state index contributed by atoms with van der Waals surface area (Å²) in [6.07, 6.45) is 0.364. The van der Waals surface area contributed by atoms with Crippen LogP contribution < -0.4 is 0 Å². The first-order valence-electron chi connectivity index (χ1n) is 7.15. The molecule has 0 bridgehead atoms. The quantitative estimate of drug-likeness (QED) is 0.740. The fraction of sp³-hybridized carbons (Fsp3) is 0.846. The monoisotopic (exact) mass is 284 g/mol. The lowest BCUT2D eigenvalue weighted by Gasteiger charge is -2.29. The minimum Gasteiger partial charge on any atom is -0.424 e. The highest BCUT2D eigenvalue weighted by Gasteiger charge is 2.17. The molecule has 1 N–H and O–H groups in total. The van der Waals surface area contributed by atoms with E-state index in [1.165, 1.54) is 0 Å². The van der Waals surface area contributed by atoms with Crippen LogP contribution in [0.2, 0.25) is 0 Å². The van der Waals surface area contributed by atoms with E-state index in [1.807, 2.05) is 18.9 Å². The molecule has 0 saturated carbocycles. The summed E-state index contributed by atoms with van der Waals surface area (Å²) in [5.74, 6) is 1.25. The number of rotatable bonds is 7. The predicted molar refractivity (Wildman–Crippen MR) is 73.3 cm³/mol. The second kappa shape index (κ2) is 7.68. The van der Waals surface area contributed by atoms with Crippen molar-refractivity contribution in [1.29, 1.82) is 0 Å². The number of hydrogen-bond acceptors (Lipinski definition) is 7. The van der Waals surface area contributed by atoms with Crippen molar-refractivity contribution in [2.75, 3.05) is 46.4 Å². The number of hydrogen-bond donors (Lipinski definition) is 1. The number of β-amino-alcohol motifs (C(OH)–C–C–N with tert-alkyl or cyclic N) is 1. The average Bonchev–Trinajstić information content (AvgIpc) is 2.87. The Hall–Kier alpha value is -1.02. The molecule has 7 nitrogen and oxygen atoms in total. The molecule has 0 amide bonds. The molecule has 0 spiro atoms. The van der Waals surface area contributed by atoms with E-state index in [4.69, 9.17) is 9.15 Å². The molecule has 1 aromatic heterocycles. The van der Waals surface area contributed by atoms with Gasteiger partial charge in [-0.25, -0.2) is 0 Å². The fourth-order valence-corrected chi connectivity index (χ4v) is 2.29. The van der Waals surface area contributed by atoms with Gasteiger partial charge in [0, 0.05) is 32.6 Å². The number of aliphatic hydroxyl groups excluding tert-OH is 1. The van der Waals surface area contributed by atoms with Crippen LogP contribution in [-0.2, 0) is 17.7 Å². The summed E-state index contributed by atoms with van der Waals surface area (Å²) < 4.78 is 10.8. The Bertz CT molecular complexity index is 393. The molecular formula is C13H24N4O3. The molecule has 1 saturated heterocycles. The minimum absolute atomic E-state index is 0.383. The molecule has 1 unspecified atom stereocenters. The topological polar surface area (TPSA) is 74.9 Å². The highest BCUT2D eigenvalue weighted by molar-refractivity contribution is 4.81. The molecule has 20 heavy (non-hydrogen) atoms. The highest BCUT2D eigenvalue weighted by Crippen LogP contribution is 2.05. The van der Waals surface area contributed by atoms with Gasteiger partial charge < -0.3 is 14.3 Å². The first-order valence-corrected chi connectivity index (χ1v) is 7.15. The van der Waals surface area contributed by atoms with E-state index in [0.717, 1.165) is 32.7 Å². The van der Waals surface area contributed by atoms with Crippen LogP contribution in [0.5, 0.6) is 0 Å². The third-order valence-corrected chi connectivity index (χ3v) is 3.31. The summed E-state index contributed by atoms with van der Waals surface area (Å²) in [6.45, 7) is 7.10. The molecule has 0 radical (unpaired) electrons. The van der Waals surface area contributed by atoms with Crippen molar-refractivity contribution in [2.45, 2.75) is 26.0 Å². The van der Waals surface area contributed by atoms with Gasteiger partial charge in [0.15, 0.2) is 0 Å². The second-order valence-electron chi connectivity index (χ2n) is 5.21. The summed E-state index contributed by atoms with van der Waals surface area (Å²) in [4.78, 5) is 4.22. The van der Waals surface area contributed by atoms with Crippen LogP contribution >= 0.6 is 0 Å². The van der Waals surface area contributed by atoms with Crippen LogP contribution in [0, 0.1) is 0 Å². The van der Waals surface area contributed by atoms with E-state index in [-0.39, 0.29) is 6.10 Å². The van der Waals surface area contributed by atoms with E-state index < -0.39 is 0 Å². The maximum atomic E-state index is 10.1. The smallest absolute Gasteiger partial charge is 0.230 e. The molecular weight excluding hydrogens is 260 g/mol. The summed E-state index contributed by atoms with van der Waals surface area (Å²) in [7, 11) is 1.94. The third kappa shape index (κ3) is 4.82. The van der Waals surface area contributed by atoms with Gasteiger partial charge in [-0.3, -0.25) is 9.80 Å². The van der Waals surface area contributed by atoms with Gasteiger partial charge in [0.1, 0.15) is 0 Å². The summed E-state index contributed by atoms with van der Waals surface area (Å²) in [6, 6.07) is 0. The Kier molecular flexibility index (Phi) is 5.90. The molecule has 1 atom stereocenters. The highest BCUT2D eigenvalue weighted by atomic mass is 16.5. The van der Waals surface area contributed by atoms with Gasteiger partial charge in [0.05, 0.1) is 25.9 Å². The zero-order valence-electron chi connectivity index (χ0n) is 12.3. The lowest BCUT2D eigenvalue weighted by Crippen LogP contribution is -2.43. The van der Waals surface area contributed by atoms with Crippen LogP contribution in [0.3, 0.4) is 0 Å². The molecule has 114 valence electrons. The number of morpholine rings is 1. The Morgan fingerprint density at radius 1 is 1.30 bits per heavy atom. The Labute approximate surface area is 119 Å². The third-order valence-electron chi connectivity index (χ3n) is 3.31. The van der Waals surface area contributed by atoms with Crippen molar-refractivity contribution in [2.24, 2.45) is 0 Å². The largest absolute Gasteiger partial charge is 0.424 e. The van der Waals surface area contributed by atoms with Crippen molar-refractivity contribution < 1.29 is 14.3 Å². The summed E-state index contributed by atoms with van der Waals surface area (Å²) in [5, 5.41) is 18.0. The van der Waals surface area contributed by atoms with Gasteiger partial charge in [-0.1, -0.05) is 6.92 Å². The molecule has 2 rings (SSSR count). The van der Waals surface area contributed by atoms with Crippen LogP contribution in [0.15, 0.2) is 4.42 Å². The molecule has 1 fully saturated rings. The minimum atomic E-state index is -0.383. The molecule has 0 aromatic carbocycles.